The first-order chi connectivity index (χ1) is 10.2. The Hall–Kier alpha value is -2.20. The van der Waals surface area contributed by atoms with Gasteiger partial charge in [0.05, 0.1) is 0 Å². The van der Waals surface area contributed by atoms with Crippen molar-refractivity contribution in [2.45, 2.75) is 0 Å². The van der Waals surface area contributed by atoms with Crippen molar-refractivity contribution < 1.29 is 4.79 Å². The predicted octanol–water partition coefficient (Wildman–Crippen LogP) is 2.14. The summed E-state index contributed by atoms with van der Waals surface area (Å²) in [5, 5.41) is 0. The highest BCUT2D eigenvalue weighted by Crippen LogP contribution is 2.18. The lowest BCUT2D eigenvalue weighted by atomic mass is 10.1. The maximum Gasteiger partial charge on any atom is 0.272 e. The highest BCUT2D eigenvalue weighted by atomic mass is 16.2. The number of pyridine rings is 1. The third-order valence-corrected chi connectivity index (χ3v) is 3.88. The molecule has 1 amide bonds. The molecule has 21 heavy (non-hydrogen) atoms. The number of hydrogen-bond donors (Lipinski definition) is 0. The van der Waals surface area contributed by atoms with Gasteiger partial charge >= 0.3 is 0 Å². The SMILES string of the molecule is CN1CCN(C(=O)c2ccc(-c3ccccc3)cn2)CC1. The molecule has 0 aliphatic carbocycles. The van der Waals surface area contributed by atoms with Crippen LogP contribution in [0.15, 0.2) is 48.7 Å². The van der Waals surface area contributed by atoms with Crippen molar-refractivity contribution in [2.75, 3.05) is 33.2 Å². The van der Waals surface area contributed by atoms with Gasteiger partial charge in [-0.15, -0.1) is 0 Å². The first kappa shape index (κ1) is 13.8. The molecule has 1 aliphatic rings. The third-order valence-electron chi connectivity index (χ3n) is 3.88. The lowest BCUT2D eigenvalue weighted by Crippen LogP contribution is -2.47. The van der Waals surface area contributed by atoms with E-state index in [4.69, 9.17) is 0 Å². The molecular weight excluding hydrogens is 262 g/mol. The Morgan fingerprint density at radius 3 is 2.29 bits per heavy atom. The van der Waals surface area contributed by atoms with Crippen LogP contribution < -0.4 is 0 Å². The zero-order chi connectivity index (χ0) is 14.7. The number of hydrogen-bond acceptors (Lipinski definition) is 3. The van der Waals surface area contributed by atoms with Gasteiger partial charge in [0.15, 0.2) is 0 Å². The first-order valence-electron chi connectivity index (χ1n) is 7.23. The summed E-state index contributed by atoms with van der Waals surface area (Å²) >= 11 is 0. The number of benzene rings is 1. The summed E-state index contributed by atoms with van der Waals surface area (Å²) in [6, 6.07) is 13.9. The molecule has 1 fully saturated rings. The lowest BCUT2D eigenvalue weighted by molar-refractivity contribution is 0.0658. The van der Waals surface area contributed by atoms with Gasteiger partial charge in [-0.1, -0.05) is 36.4 Å². The summed E-state index contributed by atoms with van der Waals surface area (Å²) in [6.07, 6.45) is 1.78. The van der Waals surface area contributed by atoms with Gasteiger partial charge in [-0.2, -0.15) is 0 Å². The van der Waals surface area contributed by atoms with Crippen LogP contribution in [-0.2, 0) is 0 Å². The first-order valence-corrected chi connectivity index (χ1v) is 7.23. The Bertz CT molecular complexity index is 602. The van der Waals surface area contributed by atoms with Crippen LogP contribution in [0.4, 0.5) is 0 Å². The van der Waals surface area contributed by atoms with Gasteiger partial charge in [-0.05, 0) is 18.7 Å². The minimum Gasteiger partial charge on any atom is -0.335 e. The van der Waals surface area contributed by atoms with Crippen molar-refractivity contribution in [1.82, 2.24) is 14.8 Å². The number of piperazine rings is 1. The second-order valence-corrected chi connectivity index (χ2v) is 5.39. The van der Waals surface area contributed by atoms with E-state index in [1.165, 1.54) is 0 Å². The molecule has 1 saturated heterocycles. The second-order valence-electron chi connectivity index (χ2n) is 5.39. The fraction of sp³-hybridized carbons (Fsp3) is 0.294. The summed E-state index contributed by atoms with van der Waals surface area (Å²) in [5.74, 6) is 0.0303. The van der Waals surface area contributed by atoms with Crippen LogP contribution >= 0.6 is 0 Å². The normalized spacial score (nSPS) is 16.0. The average Bonchev–Trinajstić information content (AvgIpc) is 2.56. The zero-order valence-electron chi connectivity index (χ0n) is 12.2. The molecular formula is C17H19N3O. The van der Waals surface area contributed by atoms with Gasteiger partial charge in [0.25, 0.3) is 5.91 Å². The molecule has 3 rings (SSSR count). The minimum atomic E-state index is 0.0303. The number of aromatic nitrogens is 1. The molecule has 0 saturated carbocycles. The van der Waals surface area contributed by atoms with E-state index in [0.29, 0.717) is 5.69 Å². The summed E-state index contributed by atoms with van der Waals surface area (Å²) in [4.78, 5) is 20.9. The Kier molecular flexibility index (Phi) is 3.97. The fourth-order valence-corrected chi connectivity index (χ4v) is 2.49. The quantitative estimate of drug-likeness (QED) is 0.846. The Morgan fingerprint density at radius 2 is 1.67 bits per heavy atom. The largest absolute Gasteiger partial charge is 0.335 e. The molecule has 0 spiro atoms. The summed E-state index contributed by atoms with van der Waals surface area (Å²) in [5.41, 5.74) is 2.67. The van der Waals surface area contributed by atoms with Crippen molar-refractivity contribution in [3.05, 3.63) is 54.4 Å². The van der Waals surface area contributed by atoms with E-state index in [1.807, 2.05) is 47.4 Å². The van der Waals surface area contributed by atoms with Crippen molar-refractivity contribution in [3.8, 4) is 11.1 Å². The molecule has 0 atom stereocenters. The summed E-state index contributed by atoms with van der Waals surface area (Å²) < 4.78 is 0. The van der Waals surface area contributed by atoms with Gasteiger partial charge in [-0.25, -0.2) is 0 Å². The van der Waals surface area contributed by atoms with Gasteiger partial charge in [0.1, 0.15) is 5.69 Å². The molecule has 1 aromatic carbocycles. The van der Waals surface area contributed by atoms with Gasteiger partial charge < -0.3 is 9.80 Å². The highest BCUT2D eigenvalue weighted by molar-refractivity contribution is 5.92. The molecule has 0 bridgehead atoms. The van der Waals surface area contributed by atoms with Crippen molar-refractivity contribution in [2.24, 2.45) is 0 Å². The van der Waals surface area contributed by atoms with Crippen LogP contribution in [0.2, 0.25) is 0 Å². The maximum absolute atomic E-state index is 12.4. The van der Waals surface area contributed by atoms with Crippen LogP contribution in [0, 0.1) is 0 Å². The molecule has 1 aromatic heterocycles. The van der Waals surface area contributed by atoms with E-state index in [2.05, 4.69) is 16.9 Å². The standard InChI is InChI=1S/C17H19N3O/c1-19-9-11-20(12-10-19)17(21)16-8-7-15(13-18-16)14-5-3-2-4-6-14/h2-8,13H,9-12H2,1H3. The lowest BCUT2D eigenvalue weighted by Gasteiger charge is -2.32. The van der Waals surface area contributed by atoms with E-state index in [-0.39, 0.29) is 5.91 Å². The van der Waals surface area contributed by atoms with E-state index < -0.39 is 0 Å². The smallest absolute Gasteiger partial charge is 0.272 e. The van der Waals surface area contributed by atoms with Crippen LogP contribution in [0.3, 0.4) is 0 Å². The Morgan fingerprint density at radius 1 is 0.952 bits per heavy atom. The molecule has 108 valence electrons. The van der Waals surface area contributed by atoms with Gasteiger partial charge in [0.2, 0.25) is 0 Å². The summed E-state index contributed by atoms with van der Waals surface area (Å²) in [6.45, 7) is 3.40. The van der Waals surface area contributed by atoms with E-state index in [9.17, 15) is 4.79 Å². The molecule has 0 N–H and O–H groups in total. The molecule has 1 aliphatic heterocycles. The van der Waals surface area contributed by atoms with E-state index in [0.717, 1.165) is 37.3 Å². The number of carbonyl (C=O) groups is 1. The summed E-state index contributed by atoms with van der Waals surface area (Å²) in [7, 11) is 2.08. The van der Waals surface area contributed by atoms with Gasteiger partial charge in [-0.3, -0.25) is 9.78 Å². The number of carbonyl (C=O) groups excluding carboxylic acids is 1. The average molecular weight is 281 g/mol. The van der Waals surface area contributed by atoms with Crippen molar-refractivity contribution >= 4 is 5.91 Å². The minimum absolute atomic E-state index is 0.0303. The number of likely N-dealkylation sites (N-methyl/N-ethyl adjacent to an activating group) is 1. The predicted molar refractivity (Wildman–Crippen MR) is 83.1 cm³/mol. The third kappa shape index (κ3) is 3.11. The van der Waals surface area contributed by atoms with Crippen molar-refractivity contribution in [1.29, 1.82) is 0 Å². The van der Waals surface area contributed by atoms with Crippen molar-refractivity contribution in [3.63, 3.8) is 0 Å². The number of nitrogens with zero attached hydrogens (tertiary/aromatic N) is 3. The zero-order valence-corrected chi connectivity index (χ0v) is 12.2. The molecule has 0 unspecified atom stereocenters. The fourth-order valence-electron chi connectivity index (χ4n) is 2.49. The topological polar surface area (TPSA) is 36.4 Å². The number of amides is 1. The van der Waals surface area contributed by atoms with Crippen LogP contribution in [0.25, 0.3) is 11.1 Å². The number of rotatable bonds is 2. The molecule has 4 nitrogen and oxygen atoms in total. The van der Waals surface area contributed by atoms with Crippen LogP contribution in [0.5, 0.6) is 0 Å². The second kappa shape index (κ2) is 6.06. The Balaban J connectivity index is 1.73. The highest BCUT2D eigenvalue weighted by Gasteiger charge is 2.21. The monoisotopic (exact) mass is 281 g/mol. The van der Waals surface area contributed by atoms with Gasteiger partial charge in [0, 0.05) is 37.9 Å². The molecule has 2 aromatic rings. The maximum atomic E-state index is 12.4. The van der Waals surface area contributed by atoms with Crippen LogP contribution in [-0.4, -0.2) is 53.9 Å². The van der Waals surface area contributed by atoms with E-state index >= 15 is 0 Å². The molecule has 0 radical (unpaired) electrons. The molecule has 2 heterocycles. The van der Waals surface area contributed by atoms with E-state index in [1.54, 1.807) is 6.20 Å². The Labute approximate surface area is 125 Å². The van der Waals surface area contributed by atoms with Crippen LogP contribution in [0.1, 0.15) is 10.5 Å². The molecule has 4 heteroatoms.